The molecule has 1 aromatic carbocycles. The number of aryl methyl sites for hydroxylation is 2. The van der Waals surface area contributed by atoms with Crippen LogP contribution in [0.4, 0.5) is 0 Å². The summed E-state index contributed by atoms with van der Waals surface area (Å²) in [7, 11) is 1.33. The number of rotatable bonds is 8. The lowest BCUT2D eigenvalue weighted by Crippen LogP contribution is -2.25. The lowest BCUT2D eigenvalue weighted by Gasteiger charge is -2.07. The summed E-state index contributed by atoms with van der Waals surface area (Å²) in [5, 5.41) is 6.41. The van der Waals surface area contributed by atoms with Gasteiger partial charge in [-0.15, -0.1) is 0 Å². The summed E-state index contributed by atoms with van der Waals surface area (Å²) in [6.07, 6.45) is 0.753. The van der Waals surface area contributed by atoms with Crippen molar-refractivity contribution >= 4 is 11.9 Å². The predicted octanol–water partition coefficient (Wildman–Crippen LogP) is 2.55. The molecular formula is C18H22N2O5. The highest BCUT2D eigenvalue weighted by molar-refractivity contribution is 5.92. The second kappa shape index (κ2) is 8.86. The Morgan fingerprint density at radius 3 is 2.80 bits per heavy atom. The van der Waals surface area contributed by atoms with Crippen LogP contribution in [0.25, 0.3) is 0 Å². The molecule has 0 saturated heterocycles. The lowest BCUT2D eigenvalue weighted by molar-refractivity contribution is -0.140. The summed E-state index contributed by atoms with van der Waals surface area (Å²) in [5.41, 5.74) is 2.30. The van der Waals surface area contributed by atoms with Gasteiger partial charge in [0.1, 0.15) is 12.4 Å². The van der Waals surface area contributed by atoms with E-state index in [1.54, 1.807) is 6.07 Å². The first kappa shape index (κ1) is 18.5. The van der Waals surface area contributed by atoms with Gasteiger partial charge in [-0.1, -0.05) is 17.3 Å². The molecule has 2 aromatic rings. The van der Waals surface area contributed by atoms with Crippen molar-refractivity contribution in [1.82, 2.24) is 10.5 Å². The van der Waals surface area contributed by atoms with Crippen LogP contribution in [0, 0.1) is 13.8 Å². The topological polar surface area (TPSA) is 90.7 Å². The second-order valence-electron chi connectivity index (χ2n) is 5.67. The maximum absolute atomic E-state index is 12.0. The van der Waals surface area contributed by atoms with Gasteiger partial charge in [0.2, 0.25) is 0 Å². The smallest absolute Gasteiger partial charge is 0.305 e. The molecule has 0 spiro atoms. The zero-order valence-corrected chi connectivity index (χ0v) is 14.6. The van der Waals surface area contributed by atoms with Crippen molar-refractivity contribution in [1.29, 1.82) is 0 Å². The Bertz CT molecular complexity index is 739. The molecule has 7 heteroatoms. The molecule has 0 aliphatic rings. The van der Waals surface area contributed by atoms with E-state index < -0.39 is 0 Å². The van der Waals surface area contributed by atoms with E-state index in [1.807, 2.05) is 32.0 Å². The average molecular weight is 346 g/mol. The summed E-state index contributed by atoms with van der Waals surface area (Å²) in [6.45, 7) is 4.49. The molecule has 0 radical (unpaired) electrons. The van der Waals surface area contributed by atoms with Crippen molar-refractivity contribution < 1.29 is 23.6 Å². The first-order valence-corrected chi connectivity index (χ1v) is 8.00. The van der Waals surface area contributed by atoms with Gasteiger partial charge in [-0.05, 0) is 37.5 Å². The van der Waals surface area contributed by atoms with Crippen LogP contribution < -0.4 is 10.1 Å². The number of benzene rings is 1. The molecule has 0 bridgehead atoms. The predicted molar refractivity (Wildman–Crippen MR) is 90.3 cm³/mol. The number of methoxy groups -OCH3 is 1. The molecule has 2 rings (SSSR count). The zero-order chi connectivity index (χ0) is 18.2. The monoisotopic (exact) mass is 346 g/mol. The molecule has 1 amide bonds. The van der Waals surface area contributed by atoms with Crippen LogP contribution in [-0.4, -0.2) is 30.7 Å². The number of nitrogens with zero attached hydrogens (tertiary/aromatic N) is 1. The Morgan fingerprint density at radius 2 is 2.04 bits per heavy atom. The van der Waals surface area contributed by atoms with Crippen LogP contribution in [0.1, 0.15) is 40.2 Å². The summed E-state index contributed by atoms with van der Waals surface area (Å²) < 4.78 is 15.4. The number of nitrogens with one attached hydrogen (secondary N) is 1. The minimum atomic E-state index is -0.355. The largest absolute Gasteiger partial charge is 0.485 e. The van der Waals surface area contributed by atoms with E-state index in [4.69, 9.17) is 9.26 Å². The number of amides is 1. The number of esters is 1. The molecule has 1 heterocycles. The third-order valence-electron chi connectivity index (χ3n) is 3.58. The SMILES string of the molecule is COC(=O)CCCNC(=O)c1cc(COc2cc(C)ccc2C)on1. The molecule has 7 nitrogen and oxygen atoms in total. The molecule has 1 N–H and O–H groups in total. The highest BCUT2D eigenvalue weighted by atomic mass is 16.5. The minimum Gasteiger partial charge on any atom is -0.485 e. The fourth-order valence-corrected chi connectivity index (χ4v) is 2.13. The molecule has 0 aliphatic carbocycles. The van der Waals surface area contributed by atoms with Gasteiger partial charge in [0.15, 0.2) is 11.5 Å². The fraction of sp³-hybridized carbons (Fsp3) is 0.389. The van der Waals surface area contributed by atoms with E-state index in [1.165, 1.54) is 7.11 Å². The van der Waals surface area contributed by atoms with E-state index >= 15 is 0 Å². The molecule has 0 fully saturated rings. The van der Waals surface area contributed by atoms with Gasteiger partial charge in [-0.2, -0.15) is 0 Å². The van der Waals surface area contributed by atoms with Gasteiger partial charge in [0, 0.05) is 19.0 Å². The van der Waals surface area contributed by atoms with Crippen LogP contribution in [0.5, 0.6) is 5.75 Å². The number of ether oxygens (including phenoxy) is 2. The van der Waals surface area contributed by atoms with Crippen molar-refractivity contribution in [3.63, 3.8) is 0 Å². The number of hydrogen-bond donors (Lipinski definition) is 1. The van der Waals surface area contributed by atoms with E-state index in [2.05, 4.69) is 15.2 Å². The maximum atomic E-state index is 12.0. The van der Waals surface area contributed by atoms with E-state index in [-0.39, 0.29) is 30.6 Å². The Balaban J connectivity index is 1.82. The highest BCUT2D eigenvalue weighted by Gasteiger charge is 2.13. The number of aromatic nitrogens is 1. The van der Waals surface area contributed by atoms with Gasteiger partial charge in [0.05, 0.1) is 7.11 Å². The van der Waals surface area contributed by atoms with Gasteiger partial charge in [0.25, 0.3) is 5.91 Å². The summed E-state index contributed by atoms with van der Waals surface area (Å²) in [5.74, 6) is 0.569. The Kier molecular flexibility index (Phi) is 6.56. The first-order valence-electron chi connectivity index (χ1n) is 8.00. The van der Waals surface area contributed by atoms with E-state index in [9.17, 15) is 9.59 Å². The summed E-state index contributed by atoms with van der Waals surface area (Å²) in [6, 6.07) is 7.49. The van der Waals surface area contributed by atoms with E-state index in [0.29, 0.717) is 18.7 Å². The van der Waals surface area contributed by atoms with Crippen LogP contribution in [0.15, 0.2) is 28.8 Å². The normalized spacial score (nSPS) is 10.4. The fourth-order valence-electron chi connectivity index (χ4n) is 2.13. The van der Waals surface area contributed by atoms with Crippen molar-refractivity contribution in [2.45, 2.75) is 33.3 Å². The molecule has 0 aliphatic heterocycles. The number of carbonyl (C=O) groups is 2. The molecule has 1 aromatic heterocycles. The standard InChI is InChI=1S/C18H22N2O5/c1-12-6-7-13(2)16(9-12)24-11-14-10-15(20-25-14)18(22)19-8-4-5-17(21)23-3/h6-7,9-10H,4-5,8,11H2,1-3H3,(H,19,22). The molecule has 25 heavy (non-hydrogen) atoms. The Hall–Kier alpha value is -2.83. The number of hydrogen-bond acceptors (Lipinski definition) is 6. The van der Waals surface area contributed by atoms with E-state index in [0.717, 1.165) is 16.9 Å². The molecule has 134 valence electrons. The number of carbonyl (C=O) groups excluding carboxylic acids is 2. The summed E-state index contributed by atoms with van der Waals surface area (Å²) >= 11 is 0. The van der Waals surface area contributed by atoms with Crippen LogP contribution in [-0.2, 0) is 16.1 Å². The van der Waals surface area contributed by atoms with Crippen molar-refractivity contribution in [2.75, 3.05) is 13.7 Å². The van der Waals surface area contributed by atoms with Crippen molar-refractivity contribution in [2.24, 2.45) is 0 Å². The zero-order valence-electron chi connectivity index (χ0n) is 14.6. The average Bonchev–Trinajstić information content (AvgIpc) is 3.08. The van der Waals surface area contributed by atoms with Gasteiger partial charge in [-0.25, -0.2) is 0 Å². The lowest BCUT2D eigenvalue weighted by atomic mass is 10.1. The molecule has 0 unspecified atom stereocenters. The van der Waals surface area contributed by atoms with Crippen LogP contribution in [0.2, 0.25) is 0 Å². The summed E-state index contributed by atoms with van der Waals surface area (Å²) in [4.78, 5) is 22.9. The van der Waals surface area contributed by atoms with Gasteiger partial charge >= 0.3 is 5.97 Å². The third kappa shape index (κ3) is 5.63. The minimum absolute atomic E-state index is 0.178. The van der Waals surface area contributed by atoms with Crippen molar-refractivity contribution in [3.8, 4) is 5.75 Å². The Morgan fingerprint density at radius 1 is 1.24 bits per heavy atom. The Labute approximate surface area is 146 Å². The van der Waals surface area contributed by atoms with Gasteiger partial charge < -0.3 is 19.3 Å². The quantitative estimate of drug-likeness (QED) is 0.583. The van der Waals surface area contributed by atoms with Crippen LogP contribution >= 0.6 is 0 Å². The van der Waals surface area contributed by atoms with Crippen molar-refractivity contribution in [3.05, 3.63) is 46.8 Å². The molecule has 0 atom stereocenters. The highest BCUT2D eigenvalue weighted by Crippen LogP contribution is 2.20. The van der Waals surface area contributed by atoms with Crippen LogP contribution in [0.3, 0.4) is 0 Å². The third-order valence-corrected chi connectivity index (χ3v) is 3.58. The second-order valence-corrected chi connectivity index (χ2v) is 5.67. The maximum Gasteiger partial charge on any atom is 0.305 e. The van der Waals surface area contributed by atoms with Gasteiger partial charge in [-0.3, -0.25) is 9.59 Å². The first-order chi connectivity index (χ1) is 12.0. The molecular weight excluding hydrogens is 324 g/mol. The molecule has 0 saturated carbocycles.